The Morgan fingerprint density at radius 3 is 2.53 bits per heavy atom. The predicted octanol–water partition coefficient (Wildman–Crippen LogP) is 1.12. The zero-order valence-corrected chi connectivity index (χ0v) is 10.1. The van der Waals surface area contributed by atoms with Crippen LogP contribution in [-0.2, 0) is 14.8 Å². The standard InChI is InChI=1S/C10H21NO3S/c1-9(8-15(11,12)13)6-14-7-10-4-2-3-5-10/h9-10H,2-8H2,1H3,(H2,11,12,13). The minimum Gasteiger partial charge on any atom is -0.381 e. The molecule has 1 rings (SSSR count). The fourth-order valence-electron chi connectivity index (χ4n) is 2.06. The molecule has 0 spiro atoms. The number of sulfonamides is 1. The van der Waals surface area contributed by atoms with Crippen LogP contribution in [0, 0.1) is 11.8 Å². The van der Waals surface area contributed by atoms with Gasteiger partial charge in [0.25, 0.3) is 0 Å². The van der Waals surface area contributed by atoms with Crippen molar-refractivity contribution in [1.82, 2.24) is 0 Å². The van der Waals surface area contributed by atoms with Gasteiger partial charge < -0.3 is 4.74 Å². The predicted molar refractivity (Wildman–Crippen MR) is 59.9 cm³/mol. The molecule has 0 aromatic rings. The number of nitrogens with two attached hydrogens (primary N) is 1. The molecule has 5 heteroatoms. The molecule has 0 bridgehead atoms. The minimum absolute atomic E-state index is 0.0116. The summed E-state index contributed by atoms with van der Waals surface area (Å²) in [4.78, 5) is 0. The topological polar surface area (TPSA) is 69.4 Å². The van der Waals surface area contributed by atoms with Crippen LogP contribution in [0.5, 0.6) is 0 Å². The second kappa shape index (κ2) is 5.82. The first-order chi connectivity index (χ1) is 6.97. The van der Waals surface area contributed by atoms with Crippen molar-refractivity contribution in [1.29, 1.82) is 0 Å². The van der Waals surface area contributed by atoms with Crippen molar-refractivity contribution in [2.45, 2.75) is 32.6 Å². The van der Waals surface area contributed by atoms with E-state index in [0.29, 0.717) is 12.5 Å². The molecule has 2 N–H and O–H groups in total. The molecule has 0 aromatic heterocycles. The lowest BCUT2D eigenvalue weighted by atomic mass is 10.1. The van der Waals surface area contributed by atoms with E-state index in [4.69, 9.17) is 9.88 Å². The maximum atomic E-state index is 10.8. The van der Waals surface area contributed by atoms with Crippen LogP contribution in [0.3, 0.4) is 0 Å². The van der Waals surface area contributed by atoms with E-state index in [9.17, 15) is 8.42 Å². The molecular weight excluding hydrogens is 214 g/mol. The SMILES string of the molecule is CC(COCC1CCCC1)CS(N)(=O)=O. The van der Waals surface area contributed by atoms with E-state index in [2.05, 4.69) is 0 Å². The smallest absolute Gasteiger partial charge is 0.209 e. The summed E-state index contributed by atoms with van der Waals surface area (Å²) < 4.78 is 27.1. The molecule has 1 saturated carbocycles. The second-order valence-corrected chi connectivity index (χ2v) is 6.28. The highest BCUT2D eigenvalue weighted by atomic mass is 32.2. The van der Waals surface area contributed by atoms with Crippen molar-refractivity contribution < 1.29 is 13.2 Å². The van der Waals surface area contributed by atoms with Crippen molar-refractivity contribution in [2.24, 2.45) is 17.0 Å². The van der Waals surface area contributed by atoms with Crippen LogP contribution in [0.15, 0.2) is 0 Å². The lowest BCUT2D eigenvalue weighted by Crippen LogP contribution is -2.24. The molecule has 0 saturated heterocycles. The zero-order valence-electron chi connectivity index (χ0n) is 9.31. The van der Waals surface area contributed by atoms with Crippen LogP contribution >= 0.6 is 0 Å². The summed E-state index contributed by atoms with van der Waals surface area (Å²) in [5, 5.41) is 4.95. The lowest BCUT2D eigenvalue weighted by Gasteiger charge is -2.13. The molecule has 1 unspecified atom stereocenters. The average molecular weight is 235 g/mol. The highest BCUT2D eigenvalue weighted by Crippen LogP contribution is 2.24. The van der Waals surface area contributed by atoms with Gasteiger partial charge in [0.15, 0.2) is 0 Å². The number of primary sulfonamides is 1. The normalized spacial score (nSPS) is 20.7. The summed E-state index contributed by atoms with van der Waals surface area (Å²) in [7, 11) is -3.35. The Morgan fingerprint density at radius 2 is 2.00 bits per heavy atom. The Hall–Kier alpha value is -0.130. The number of hydrogen-bond acceptors (Lipinski definition) is 3. The van der Waals surface area contributed by atoms with Crippen LogP contribution in [0.4, 0.5) is 0 Å². The van der Waals surface area contributed by atoms with Crippen molar-refractivity contribution in [3.8, 4) is 0 Å². The minimum atomic E-state index is -3.35. The quantitative estimate of drug-likeness (QED) is 0.750. The van der Waals surface area contributed by atoms with Gasteiger partial charge in [0.05, 0.1) is 12.4 Å². The van der Waals surface area contributed by atoms with Crippen LogP contribution < -0.4 is 5.14 Å². The Kier molecular flexibility index (Phi) is 5.02. The third-order valence-electron chi connectivity index (χ3n) is 2.75. The molecule has 1 fully saturated rings. The summed E-state index contributed by atoms with van der Waals surface area (Å²) in [6.07, 6.45) is 5.12. The summed E-state index contributed by atoms with van der Waals surface area (Å²) in [5.41, 5.74) is 0. The number of ether oxygens (including phenoxy) is 1. The van der Waals surface area contributed by atoms with Crippen molar-refractivity contribution in [3.63, 3.8) is 0 Å². The van der Waals surface area contributed by atoms with Crippen LogP contribution in [-0.4, -0.2) is 27.4 Å². The molecular formula is C10H21NO3S. The van der Waals surface area contributed by atoms with Gasteiger partial charge in [-0.1, -0.05) is 19.8 Å². The van der Waals surface area contributed by atoms with Gasteiger partial charge in [0.2, 0.25) is 10.0 Å². The molecule has 15 heavy (non-hydrogen) atoms. The van der Waals surface area contributed by atoms with Crippen LogP contribution in [0.2, 0.25) is 0 Å². The van der Waals surface area contributed by atoms with Crippen LogP contribution in [0.25, 0.3) is 0 Å². The van der Waals surface area contributed by atoms with Gasteiger partial charge in [0, 0.05) is 6.61 Å². The number of rotatable bonds is 6. The maximum Gasteiger partial charge on any atom is 0.209 e. The first-order valence-corrected chi connectivity index (χ1v) is 7.27. The van der Waals surface area contributed by atoms with Crippen molar-refractivity contribution in [3.05, 3.63) is 0 Å². The highest BCUT2D eigenvalue weighted by molar-refractivity contribution is 7.89. The zero-order chi connectivity index (χ0) is 11.3. The lowest BCUT2D eigenvalue weighted by molar-refractivity contribution is 0.0818. The highest BCUT2D eigenvalue weighted by Gasteiger charge is 2.16. The Bertz CT molecular complexity index is 270. The molecule has 0 radical (unpaired) electrons. The molecule has 0 aliphatic heterocycles. The van der Waals surface area contributed by atoms with E-state index >= 15 is 0 Å². The van der Waals surface area contributed by atoms with Gasteiger partial charge in [-0.3, -0.25) is 0 Å². The Balaban J connectivity index is 2.08. The van der Waals surface area contributed by atoms with Gasteiger partial charge in [-0.05, 0) is 24.7 Å². The van der Waals surface area contributed by atoms with Gasteiger partial charge in [0.1, 0.15) is 0 Å². The molecule has 90 valence electrons. The second-order valence-electron chi connectivity index (χ2n) is 4.62. The monoisotopic (exact) mass is 235 g/mol. The fraction of sp³-hybridized carbons (Fsp3) is 1.00. The van der Waals surface area contributed by atoms with Crippen molar-refractivity contribution in [2.75, 3.05) is 19.0 Å². The summed E-state index contributed by atoms with van der Waals surface area (Å²) in [6, 6.07) is 0. The third-order valence-corrected chi connectivity index (χ3v) is 3.78. The van der Waals surface area contributed by atoms with E-state index in [1.165, 1.54) is 25.7 Å². The van der Waals surface area contributed by atoms with Crippen LogP contribution in [0.1, 0.15) is 32.6 Å². The molecule has 4 nitrogen and oxygen atoms in total. The van der Waals surface area contributed by atoms with E-state index in [-0.39, 0.29) is 11.7 Å². The molecule has 1 aliphatic rings. The first-order valence-electron chi connectivity index (χ1n) is 5.55. The molecule has 0 aromatic carbocycles. The third kappa shape index (κ3) is 6.12. The summed E-state index contributed by atoms with van der Waals surface area (Å²) in [5.74, 6) is 0.686. The first kappa shape index (κ1) is 12.9. The Labute approximate surface area is 92.2 Å². The van der Waals surface area contributed by atoms with Gasteiger partial charge in [-0.25, -0.2) is 13.6 Å². The van der Waals surface area contributed by atoms with Gasteiger partial charge in [-0.2, -0.15) is 0 Å². The fourth-order valence-corrected chi connectivity index (χ4v) is 2.95. The largest absolute Gasteiger partial charge is 0.381 e. The van der Waals surface area contributed by atoms with E-state index in [0.717, 1.165) is 6.61 Å². The Morgan fingerprint density at radius 1 is 1.40 bits per heavy atom. The van der Waals surface area contributed by atoms with E-state index < -0.39 is 10.0 Å². The van der Waals surface area contributed by atoms with Crippen molar-refractivity contribution >= 4 is 10.0 Å². The molecule has 0 heterocycles. The average Bonchev–Trinajstić information content (AvgIpc) is 2.53. The maximum absolute atomic E-state index is 10.8. The summed E-state index contributed by atoms with van der Waals surface area (Å²) >= 11 is 0. The number of hydrogen-bond donors (Lipinski definition) is 1. The molecule has 1 aliphatic carbocycles. The summed E-state index contributed by atoms with van der Waals surface area (Å²) in [6.45, 7) is 3.11. The molecule has 0 amide bonds. The molecule has 1 atom stereocenters. The van der Waals surface area contributed by atoms with Gasteiger partial charge in [-0.15, -0.1) is 0 Å². The van der Waals surface area contributed by atoms with Gasteiger partial charge >= 0.3 is 0 Å². The van der Waals surface area contributed by atoms with E-state index in [1.54, 1.807) is 0 Å². The van der Waals surface area contributed by atoms with E-state index in [1.807, 2.05) is 6.92 Å².